The number of amides is 1. The minimum Gasteiger partial charge on any atom is -0.465 e. The Balaban J connectivity index is 1.88. The normalized spacial score (nSPS) is 15.0. The van der Waals surface area contributed by atoms with Crippen LogP contribution >= 0.6 is 0 Å². The summed E-state index contributed by atoms with van der Waals surface area (Å²) >= 11 is 0. The zero-order valence-corrected chi connectivity index (χ0v) is 10.8. The van der Waals surface area contributed by atoms with Gasteiger partial charge in [-0.1, -0.05) is 0 Å². The van der Waals surface area contributed by atoms with Crippen molar-refractivity contribution in [3.8, 4) is 0 Å². The van der Waals surface area contributed by atoms with E-state index in [0.29, 0.717) is 11.3 Å². The molecule has 0 bridgehead atoms. The van der Waals surface area contributed by atoms with Crippen molar-refractivity contribution >= 4 is 17.7 Å². The maximum absolute atomic E-state index is 11.6. The topological polar surface area (TPSA) is 64.6 Å². The smallest absolute Gasteiger partial charge is 0.411 e. The molecule has 2 rings (SSSR count). The van der Waals surface area contributed by atoms with Gasteiger partial charge in [0.1, 0.15) is 6.10 Å². The molecule has 0 spiro atoms. The highest BCUT2D eigenvalue weighted by atomic mass is 16.6. The molecule has 0 heterocycles. The highest BCUT2D eigenvalue weighted by molar-refractivity contribution is 5.91. The predicted octanol–water partition coefficient (Wildman–Crippen LogP) is 2.96. The van der Waals surface area contributed by atoms with E-state index < -0.39 is 12.1 Å². The van der Waals surface area contributed by atoms with Gasteiger partial charge in [0.2, 0.25) is 0 Å². The number of benzene rings is 1. The molecule has 1 aliphatic rings. The average molecular weight is 263 g/mol. The van der Waals surface area contributed by atoms with Crippen LogP contribution in [0, 0.1) is 0 Å². The second-order valence-electron chi connectivity index (χ2n) is 4.51. The summed E-state index contributed by atoms with van der Waals surface area (Å²) in [6.45, 7) is 0. The third kappa shape index (κ3) is 3.71. The lowest BCUT2D eigenvalue weighted by Crippen LogP contribution is -2.20. The van der Waals surface area contributed by atoms with E-state index in [9.17, 15) is 9.59 Å². The summed E-state index contributed by atoms with van der Waals surface area (Å²) in [5.74, 6) is -0.403. The lowest BCUT2D eigenvalue weighted by atomic mass is 10.2. The van der Waals surface area contributed by atoms with Gasteiger partial charge < -0.3 is 9.47 Å². The van der Waals surface area contributed by atoms with E-state index in [0.717, 1.165) is 25.7 Å². The Kier molecular flexibility index (Phi) is 4.39. The quantitative estimate of drug-likeness (QED) is 0.851. The Bertz CT molecular complexity index is 449. The van der Waals surface area contributed by atoms with Crippen LogP contribution in [0.5, 0.6) is 0 Å². The lowest BCUT2D eigenvalue weighted by molar-refractivity contribution is 0.0600. The van der Waals surface area contributed by atoms with E-state index in [-0.39, 0.29) is 6.10 Å². The highest BCUT2D eigenvalue weighted by Crippen LogP contribution is 2.21. The van der Waals surface area contributed by atoms with Gasteiger partial charge in [-0.3, -0.25) is 5.32 Å². The molecule has 1 N–H and O–H groups in total. The van der Waals surface area contributed by atoms with Crippen molar-refractivity contribution < 1.29 is 19.1 Å². The number of carbonyl (C=O) groups is 2. The molecule has 0 aliphatic heterocycles. The second-order valence-corrected chi connectivity index (χ2v) is 4.51. The van der Waals surface area contributed by atoms with Gasteiger partial charge in [-0.25, -0.2) is 9.59 Å². The molecular formula is C14H17NO4. The number of esters is 1. The van der Waals surface area contributed by atoms with Crippen molar-refractivity contribution in [2.45, 2.75) is 31.8 Å². The fraction of sp³-hybridized carbons (Fsp3) is 0.429. The fourth-order valence-electron chi connectivity index (χ4n) is 2.11. The molecule has 5 nitrogen and oxygen atoms in total. The van der Waals surface area contributed by atoms with E-state index >= 15 is 0 Å². The summed E-state index contributed by atoms with van der Waals surface area (Å²) in [6, 6.07) is 6.47. The zero-order chi connectivity index (χ0) is 13.7. The van der Waals surface area contributed by atoms with Crippen LogP contribution in [-0.4, -0.2) is 25.3 Å². The minimum absolute atomic E-state index is 0.0364. The molecule has 1 aliphatic carbocycles. The van der Waals surface area contributed by atoms with Crippen LogP contribution in [0.4, 0.5) is 10.5 Å². The van der Waals surface area contributed by atoms with E-state index in [1.165, 1.54) is 7.11 Å². The molecule has 0 saturated heterocycles. The Labute approximate surface area is 111 Å². The Morgan fingerprint density at radius 3 is 2.37 bits per heavy atom. The maximum Gasteiger partial charge on any atom is 0.411 e. The molecule has 1 fully saturated rings. The fourth-order valence-corrected chi connectivity index (χ4v) is 2.11. The first-order chi connectivity index (χ1) is 9.19. The van der Waals surface area contributed by atoms with Crippen LogP contribution in [0.1, 0.15) is 36.0 Å². The third-order valence-corrected chi connectivity index (χ3v) is 3.13. The summed E-state index contributed by atoms with van der Waals surface area (Å²) in [4.78, 5) is 22.9. The molecular weight excluding hydrogens is 246 g/mol. The van der Waals surface area contributed by atoms with Crippen LogP contribution in [0.25, 0.3) is 0 Å². The summed E-state index contributed by atoms with van der Waals surface area (Å²) in [5, 5.41) is 2.64. The van der Waals surface area contributed by atoms with Crippen molar-refractivity contribution in [2.75, 3.05) is 12.4 Å². The Hall–Kier alpha value is -2.04. The molecule has 1 saturated carbocycles. The van der Waals surface area contributed by atoms with Gasteiger partial charge in [0, 0.05) is 5.69 Å². The first kappa shape index (κ1) is 13.4. The average Bonchev–Trinajstić information content (AvgIpc) is 2.91. The van der Waals surface area contributed by atoms with Gasteiger partial charge in [-0.15, -0.1) is 0 Å². The van der Waals surface area contributed by atoms with Crippen LogP contribution in [0.15, 0.2) is 24.3 Å². The number of methoxy groups -OCH3 is 1. The number of nitrogens with one attached hydrogen (secondary N) is 1. The summed E-state index contributed by atoms with van der Waals surface area (Å²) < 4.78 is 9.87. The molecule has 1 aromatic rings. The van der Waals surface area contributed by atoms with Gasteiger partial charge in [0.25, 0.3) is 0 Å². The standard InChI is InChI=1S/C14H17NO4/c1-18-13(16)10-6-8-11(9-7-10)15-14(17)19-12-4-2-3-5-12/h6-9,12H,2-5H2,1H3,(H,15,17). The molecule has 102 valence electrons. The molecule has 19 heavy (non-hydrogen) atoms. The Morgan fingerprint density at radius 2 is 1.79 bits per heavy atom. The molecule has 0 atom stereocenters. The van der Waals surface area contributed by atoms with Gasteiger partial charge >= 0.3 is 12.1 Å². The Morgan fingerprint density at radius 1 is 1.16 bits per heavy atom. The van der Waals surface area contributed by atoms with Gasteiger partial charge in [-0.05, 0) is 49.9 Å². The number of hydrogen-bond donors (Lipinski definition) is 1. The number of ether oxygens (including phenoxy) is 2. The lowest BCUT2D eigenvalue weighted by Gasteiger charge is -2.12. The monoisotopic (exact) mass is 263 g/mol. The van der Waals surface area contributed by atoms with E-state index in [1.807, 2.05) is 0 Å². The van der Waals surface area contributed by atoms with E-state index in [1.54, 1.807) is 24.3 Å². The first-order valence-electron chi connectivity index (χ1n) is 6.35. The van der Waals surface area contributed by atoms with Gasteiger partial charge in [0.15, 0.2) is 0 Å². The number of carbonyl (C=O) groups excluding carboxylic acids is 2. The summed E-state index contributed by atoms with van der Waals surface area (Å²) in [6.07, 6.45) is 3.70. The molecule has 0 radical (unpaired) electrons. The minimum atomic E-state index is -0.447. The molecule has 0 aromatic heterocycles. The first-order valence-corrected chi connectivity index (χ1v) is 6.35. The number of rotatable bonds is 3. The zero-order valence-electron chi connectivity index (χ0n) is 10.8. The predicted molar refractivity (Wildman–Crippen MR) is 70.1 cm³/mol. The van der Waals surface area contributed by atoms with Crippen molar-refractivity contribution in [1.82, 2.24) is 0 Å². The van der Waals surface area contributed by atoms with Crippen molar-refractivity contribution in [3.63, 3.8) is 0 Å². The SMILES string of the molecule is COC(=O)c1ccc(NC(=O)OC2CCCC2)cc1. The van der Waals surface area contributed by atoms with Crippen LogP contribution in [0.2, 0.25) is 0 Å². The van der Waals surface area contributed by atoms with Gasteiger partial charge in [0.05, 0.1) is 12.7 Å². The molecule has 5 heteroatoms. The molecule has 1 amide bonds. The maximum atomic E-state index is 11.6. The number of anilines is 1. The van der Waals surface area contributed by atoms with Crippen molar-refractivity contribution in [3.05, 3.63) is 29.8 Å². The van der Waals surface area contributed by atoms with Gasteiger partial charge in [-0.2, -0.15) is 0 Å². The van der Waals surface area contributed by atoms with Crippen LogP contribution < -0.4 is 5.32 Å². The van der Waals surface area contributed by atoms with E-state index in [4.69, 9.17) is 4.74 Å². The van der Waals surface area contributed by atoms with Crippen molar-refractivity contribution in [1.29, 1.82) is 0 Å². The molecule has 0 unspecified atom stereocenters. The third-order valence-electron chi connectivity index (χ3n) is 3.13. The summed E-state index contributed by atoms with van der Waals surface area (Å²) in [7, 11) is 1.33. The van der Waals surface area contributed by atoms with Crippen LogP contribution in [-0.2, 0) is 9.47 Å². The van der Waals surface area contributed by atoms with Crippen molar-refractivity contribution in [2.24, 2.45) is 0 Å². The van der Waals surface area contributed by atoms with Crippen LogP contribution in [0.3, 0.4) is 0 Å². The second kappa shape index (κ2) is 6.22. The number of hydrogen-bond acceptors (Lipinski definition) is 4. The largest absolute Gasteiger partial charge is 0.465 e. The highest BCUT2D eigenvalue weighted by Gasteiger charge is 2.19. The van der Waals surface area contributed by atoms with E-state index in [2.05, 4.69) is 10.1 Å². The molecule has 1 aromatic carbocycles. The summed E-state index contributed by atoms with van der Waals surface area (Å²) in [5.41, 5.74) is 1.04.